The van der Waals surface area contributed by atoms with Crippen molar-refractivity contribution in [3.8, 4) is 0 Å². The Morgan fingerprint density at radius 2 is 2.00 bits per heavy atom. The standard InChI is InChI=1S/C16H23N3O2/c1-21-9-8-18-11-14-3-2-13(10-15(14)12-18)16(20)19-6-4-17-5-7-19/h2-3,10,17H,4-9,11-12H2,1H3. The number of hydrogen-bond donors (Lipinski definition) is 1. The molecule has 2 heterocycles. The van der Waals surface area contributed by atoms with Crippen LogP contribution in [0.15, 0.2) is 18.2 Å². The van der Waals surface area contributed by atoms with Crippen LogP contribution < -0.4 is 5.32 Å². The van der Waals surface area contributed by atoms with Crippen LogP contribution in [0, 0.1) is 0 Å². The zero-order valence-corrected chi connectivity index (χ0v) is 12.6. The van der Waals surface area contributed by atoms with Crippen molar-refractivity contribution in [1.82, 2.24) is 15.1 Å². The van der Waals surface area contributed by atoms with Gasteiger partial charge in [0.2, 0.25) is 0 Å². The molecule has 2 aliphatic rings. The lowest BCUT2D eigenvalue weighted by Crippen LogP contribution is -2.46. The second kappa shape index (κ2) is 6.56. The van der Waals surface area contributed by atoms with Gasteiger partial charge in [0.1, 0.15) is 0 Å². The van der Waals surface area contributed by atoms with Crippen molar-refractivity contribution in [1.29, 1.82) is 0 Å². The summed E-state index contributed by atoms with van der Waals surface area (Å²) in [6.45, 7) is 6.95. The molecule has 21 heavy (non-hydrogen) atoms. The molecule has 1 aromatic rings. The third-order valence-corrected chi connectivity index (χ3v) is 4.26. The maximum absolute atomic E-state index is 12.5. The number of hydrogen-bond acceptors (Lipinski definition) is 4. The van der Waals surface area contributed by atoms with Crippen LogP contribution >= 0.6 is 0 Å². The van der Waals surface area contributed by atoms with E-state index in [1.54, 1.807) is 7.11 Å². The van der Waals surface area contributed by atoms with Crippen molar-refractivity contribution in [3.05, 3.63) is 34.9 Å². The van der Waals surface area contributed by atoms with E-state index < -0.39 is 0 Å². The van der Waals surface area contributed by atoms with Gasteiger partial charge in [-0.3, -0.25) is 9.69 Å². The van der Waals surface area contributed by atoms with Crippen molar-refractivity contribution in [2.45, 2.75) is 13.1 Å². The van der Waals surface area contributed by atoms with Crippen LogP contribution in [0.5, 0.6) is 0 Å². The molecule has 5 nitrogen and oxygen atoms in total. The highest BCUT2D eigenvalue weighted by atomic mass is 16.5. The van der Waals surface area contributed by atoms with Crippen LogP contribution in [0.1, 0.15) is 21.5 Å². The summed E-state index contributed by atoms with van der Waals surface area (Å²) in [6, 6.07) is 6.16. The van der Waals surface area contributed by atoms with Gasteiger partial charge in [0.25, 0.3) is 5.91 Å². The monoisotopic (exact) mass is 289 g/mol. The molecule has 1 amide bonds. The van der Waals surface area contributed by atoms with Crippen molar-refractivity contribution < 1.29 is 9.53 Å². The molecular weight excluding hydrogens is 266 g/mol. The Labute approximate surface area is 125 Å². The first-order chi connectivity index (χ1) is 10.3. The minimum Gasteiger partial charge on any atom is -0.383 e. The quantitative estimate of drug-likeness (QED) is 0.886. The van der Waals surface area contributed by atoms with Gasteiger partial charge in [-0.15, -0.1) is 0 Å². The molecule has 1 fully saturated rings. The summed E-state index contributed by atoms with van der Waals surface area (Å²) in [7, 11) is 1.73. The molecule has 0 radical (unpaired) electrons. The van der Waals surface area contributed by atoms with Gasteiger partial charge in [-0.25, -0.2) is 0 Å². The Balaban J connectivity index is 1.68. The van der Waals surface area contributed by atoms with Crippen LogP contribution in [0.2, 0.25) is 0 Å². The van der Waals surface area contributed by atoms with Gasteiger partial charge in [-0.1, -0.05) is 6.07 Å². The van der Waals surface area contributed by atoms with E-state index in [1.807, 2.05) is 11.0 Å². The number of carbonyl (C=O) groups excluding carboxylic acids is 1. The van der Waals surface area contributed by atoms with Crippen molar-refractivity contribution >= 4 is 5.91 Å². The lowest BCUT2D eigenvalue weighted by Gasteiger charge is -2.27. The normalized spacial score (nSPS) is 18.8. The van der Waals surface area contributed by atoms with Gasteiger partial charge in [0.05, 0.1) is 6.61 Å². The average molecular weight is 289 g/mol. The molecule has 1 aromatic carbocycles. The van der Waals surface area contributed by atoms with Gasteiger partial charge in [0, 0.05) is 58.5 Å². The maximum atomic E-state index is 12.5. The number of ether oxygens (including phenoxy) is 1. The molecular formula is C16H23N3O2. The third-order valence-electron chi connectivity index (χ3n) is 4.26. The fraction of sp³-hybridized carbons (Fsp3) is 0.562. The predicted molar refractivity (Wildman–Crippen MR) is 81.2 cm³/mol. The summed E-state index contributed by atoms with van der Waals surface area (Å²) in [5.74, 6) is 0.162. The second-order valence-corrected chi connectivity index (χ2v) is 5.73. The molecule has 0 unspecified atom stereocenters. The summed E-state index contributed by atoms with van der Waals surface area (Å²) in [6.07, 6.45) is 0. The molecule has 0 spiro atoms. The van der Waals surface area contributed by atoms with Gasteiger partial charge < -0.3 is 15.0 Å². The highest BCUT2D eigenvalue weighted by Gasteiger charge is 2.22. The van der Waals surface area contributed by atoms with E-state index in [0.29, 0.717) is 0 Å². The summed E-state index contributed by atoms with van der Waals surface area (Å²) in [5.41, 5.74) is 3.44. The highest BCUT2D eigenvalue weighted by molar-refractivity contribution is 5.94. The topological polar surface area (TPSA) is 44.8 Å². The van der Waals surface area contributed by atoms with E-state index in [2.05, 4.69) is 22.3 Å². The minimum atomic E-state index is 0.162. The zero-order chi connectivity index (χ0) is 14.7. The highest BCUT2D eigenvalue weighted by Crippen LogP contribution is 2.24. The van der Waals surface area contributed by atoms with E-state index in [1.165, 1.54) is 11.1 Å². The fourth-order valence-corrected chi connectivity index (χ4v) is 3.03. The van der Waals surface area contributed by atoms with E-state index >= 15 is 0 Å². The van der Waals surface area contributed by atoms with Gasteiger partial charge >= 0.3 is 0 Å². The minimum absolute atomic E-state index is 0.162. The number of nitrogens with zero attached hydrogens (tertiary/aromatic N) is 2. The molecule has 2 aliphatic heterocycles. The molecule has 114 valence electrons. The van der Waals surface area contributed by atoms with Crippen LogP contribution in [0.4, 0.5) is 0 Å². The number of rotatable bonds is 4. The average Bonchev–Trinajstić information content (AvgIpc) is 2.95. The smallest absolute Gasteiger partial charge is 0.253 e. The SMILES string of the molecule is COCCN1Cc2ccc(C(=O)N3CCNCC3)cc2C1. The Morgan fingerprint density at radius 1 is 1.24 bits per heavy atom. The van der Waals surface area contributed by atoms with Crippen LogP contribution in [0.25, 0.3) is 0 Å². The molecule has 5 heteroatoms. The molecule has 1 saturated heterocycles. The van der Waals surface area contributed by atoms with Crippen molar-refractivity contribution in [2.75, 3.05) is 46.4 Å². The lowest BCUT2D eigenvalue weighted by molar-refractivity contribution is 0.0735. The number of amides is 1. The van der Waals surface area contributed by atoms with E-state index in [0.717, 1.165) is 58.0 Å². The molecule has 3 rings (SSSR count). The van der Waals surface area contributed by atoms with E-state index in [9.17, 15) is 4.79 Å². The summed E-state index contributed by atoms with van der Waals surface area (Å²) in [5, 5.41) is 3.28. The van der Waals surface area contributed by atoms with Crippen molar-refractivity contribution in [3.63, 3.8) is 0 Å². The molecule has 1 N–H and O–H groups in total. The van der Waals surface area contributed by atoms with Crippen LogP contribution in [-0.4, -0.2) is 62.1 Å². The first-order valence-electron chi connectivity index (χ1n) is 7.61. The Bertz CT molecular complexity index is 512. The molecule has 0 aliphatic carbocycles. The number of nitrogens with one attached hydrogen (secondary N) is 1. The van der Waals surface area contributed by atoms with Crippen LogP contribution in [-0.2, 0) is 17.8 Å². The lowest BCUT2D eigenvalue weighted by atomic mass is 10.1. The Hall–Kier alpha value is -1.43. The van der Waals surface area contributed by atoms with Gasteiger partial charge in [-0.05, 0) is 23.3 Å². The number of piperazine rings is 1. The van der Waals surface area contributed by atoms with Gasteiger partial charge in [0.15, 0.2) is 0 Å². The second-order valence-electron chi connectivity index (χ2n) is 5.73. The van der Waals surface area contributed by atoms with E-state index in [-0.39, 0.29) is 5.91 Å². The summed E-state index contributed by atoms with van der Waals surface area (Å²) in [4.78, 5) is 16.8. The summed E-state index contributed by atoms with van der Waals surface area (Å²) >= 11 is 0. The zero-order valence-electron chi connectivity index (χ0n) is 12.6. The first kappa shape index (κ1) is 14.5. The number of methoxy groups -OCH3 is 1. The molecule has 0 saturated carbocycles. The van der Waals surface area contributed by atoms with Gasteiger partial charge in [-0.2, -0.15) is 0 Å². The van der Waals surface area contributed by atoms with E-state index in [4.69, 9.17) is 4.74 Å². The molecule has 0 bridgehead atoms. The molecule has 0 atom stereocenters. The number of carbonyl (C=O) groups is 1. The Morgan fingerprint density at radius 3 is 2.76 bits per heavy atom. The Kier molecular flexibility index (Phi) is 4.53. The first-order valence-corrected chi connectivity index (χ1v) is 7.61. The fourth-order valence-electron chi connectivity index (χ4n) is 3.03. The number of fused-ring (bicyclic) bond motifs is 1. The molecule has 0 aromatic heterocycles. The number of benzene rings is 1. The maximum Gasteiger partial charge on any atom is 0.253 e. The predicted octanol–water partition coefficient (Wildman–Crippen LogP) is 0.694. The summed E-state index contributed by atoms with van der Waals surface area (Å²) < 4.78 is 5.14. The third kappa shape index (κ3) is 3.26. The van der Waals surface area contributed by atoms with Crippen LogP contribution in [0.3, 0.4) is 0 Å². The van der Waals surface area contributed by atoms with Crippen molar-refractivity contribution in [2.24, 2.45) is 0 Å². The largest absolute Gasteiger partial charge is 0.383 e.